The predicted octanol–water partition coefficient (Wildman–Crippen LogP) is 6.89. The Labute approximate surface area is 278 Å². The topological polar surface area (TPSA) is 115 Å². The molecule has 1 saturated heterocycles. The third kappa shape index (κ3) is 7.99. The largest absolute Gasteiger partial charge is 0.460 e. The maximum Gasteiger partial charge on any atom is 0.418 e. The van der Waals surface area contributed by atoms with Gasteiger partial charge in [-0.3, -0.25) is 9.36 Å². The monoisotopic (exact) mass is 709 g/mol. The fourth-order valence-corrected chi connectivity index (χ4v) is 7.97. The molecule has 1 atom stereocenters. The maximum absolute atomic E-state index is 15.3. The first-order chi connectivity index (χ1) is 22.4. The van der Waals surface area contributed by atoms with Crippen LogP contribution in [0.4, 0.5) is 24.7 Å². The summed E-state index contributed by atoms with van der Waals surface area (Å²) in [6, 6.07) is 16.8. The number of amides is 1. The van der Waals surface area contributed by atoms with Gasteiger partial charge in [0.1, 0.15) is 17.7 Å². The first-order valence-corrected chi connectivity index (χ1v) is 16.7. The first kappa shape index (κ1) is 34.5. The van der Waals surface area contributed by atoms with Crippen molar-refractivity contribution >= 4 is 59.3 Å². The van der Waals surface area contributed by atoms with Crippen molar-refractivity contribution in [3.63, 3.8) is 0 Å². The van der Waals surface area contributed by atoms with Crippen LogP contribution >= 0.6 is 30.6 Å². The Morgan fingerprint density at radius 1 is 0.957 bits per heavy atom. The molecule has 1 fully saturated rings. The molecule has 1 aliphatic heterocycles. The third-order valence-electron chi connectivity index (χ3n) is 7.24. The highest BCUT2D eigenvalue weighted by Crippen LogP contribution is 2.53. The van der Waals surface area contributed by atoms with E-state index in [1.807, 2.05) is 0 Å². The van der Waals surface area contributed by atoms with E-state index >= 15 is 4.57 Å². The van der Waals surface area contributed by atoms with Crippen molar-refractivity contribution in [3.05, 3.63) is 105 Å². The highest BCUT2D eigenvalue weighted by Gasteiger charge is 2.43. The molecule has 0 spiro atoms. The van der Waals surface area contributed by atoms with E-state index in [9.17, 15) is 22.8 Å². The Balaban J connectivity index is 1.56. The number of aryl methyl sites for hydroxylation is 1. The summed E-state index contributed by atoms with van der Waals surface area (Å²) in [4.78, 5) is 26.1. The van der Waals surface area contributed by atoms with Gasteiger partial charge in [-0.25, -0.2) is 14.1 Å². The van der Waals surface area contributed by atoms with Crippen LogP contribution < -0.4 is 15.7 Å². The molecular formula is C31H29Cl2F3N5O5P. The number of nitrogens with one attached hydrogen (secondary N) is 2. The van der Waals surface area contributed by atoms with E-state index in [2.05, 4.69) is 15.5 Å². The lowest BCUT2D eigenvalue weighted by molar-refractivity contribution is -0.136. The van der Waals surface area contributed by atoms with Crippen molar-refractivity contribution in [1.82, 2.24) is 14.5 Å². The number of rotatable bonds is 10. The summed E-state index contributed by atoms with van der Waals surface area (Å²) in [6.45, 7) is 1.81. The average molecular weight is 710 g/mol. The minimum absolute atomic E-state index is 0.0114. The third-order valence-corrected chi connectivity index (χ3v) is 10.6. The van der Waals surface area contributed by atoms with E-state index < -0.39 is 36.7 Å². The van der Waals surface area contributed by atoms with Crippen LogP contribution in [0.25, 0.3) is 0 Å². The zero-order chi connectivity index (χ0) is 33.8. The van der Waals surface area contributed by atoms with Crippen LogP contribution in [0.1, 0.15) is 32.0 Å². The number of carbonyl (C=O) groups excluding carboxylic acids is 2. The van der Waals surface area contributed by atoms with Gasteiger partial charge in [-0.15, -0.1) is 0 Å². The summed E-state index contributed by atoms with van der Waals surface area (Å²) >= 11 is 11.9. The van der Waals surface area contributed by atoms with Gasteiger partial charge in [0, 0.05) is 28.7 Å². The quantitative estimate of drug-likeness (QED) is 0.135. The second-order valence-electron chi connectivity index (χ2n) is 10.4. The number of morpholine rings is 1. The molecule has 1 aromatic heterocycles. The van der Waals surface area contributed by atoms with Gasteiger partial charge < -0.3 is 19.9 Å². The SMILES string of the molecule is Cc1nn(CCOC(=O)c2ccc(Cl)cc2)c(NC(=O)c2ccc(Cl)cc2)c1[P@@](=O)(Nc1ccccc1C(F)(F)F)N1CCOCC1. The number of benzene rings is 3. The van der Waals surface area contributed by atoms with E-state index in [1.54, 1.807) is 12.1 Å². The molecule has 0 saturated carbocycles. The Bertz CT molecular complexity index is 1800. The highest BCUT2D eigenvalue weighted by molar-refractivity contribution is 7.71. The number of halogens is 5. The molecule has 5 rings (SSSR count). The summed E-state index contributed by atoms with van der Waals surface area (Å²) in [5, 5.41) is 10.8. The van der Waals surface area contributed by atoms with Crippen LogP contribution in [-0.4, -0.2) is 59.2 Å². The van der Waals surface area contributed by atoms with Crippen LogP contribution in [-0.2, 0) is 26.8 Å². The van der Waals surface area contributed by atoms with Crippen molar-refractivity contribution in [2.75, 3.05) is 43.3 Å². The summed E-state index contributed by atoms with van der Waals surface area (Å²) in [5.41, 5.74) is -0.788. The van der Waals surface area contributed by atoms with Crippen molar-refractivity contribution in [2.45, 2.75) is 19.6 Å². The van der Waals surface area contributed by atoms with E-state index in [4.69, 9.17) is 32.7 Å². The van der Waals surface area contributed by atoms with Crippen molar-refractivity contribution < 1.29 is 36.8 Å². The van der Waals surface area contributed by atoms with E-state index in [-0.39, 0.29) is 67.4 Å². The van der Waals surface area contributed by atoms with Gasteiger partial charge >= 0.3 is 12.1 Å². The molecule has 16 heteroatoms. The van der Waals surface area contributed by atoms with E-state index in [0.29, 0.717) is 10.0 Å². The van der Waals surface area contributed by atoms with Gasteiger partial charge in [-0.1, -0.05) is 35.3 Å². The molecule has 1 aliphatic rings. The number of esters is 1. The molecular weight excluding hydrogens is 681 g/mol. The number of aromatic nitrogens is 2. The first-order valence-electron chi connectivity index (χ1n) is 14.3. The molecule has 10 nitrogen and oxygen atoms in total. The highest BCUT2D eigenvalue weighted by atomic mass is 35.5. The van der Waals surface area contributed by atoms with Crippen LogP contribution in [0, 0.1) is 6.92 Å². The number of carbonyl (C=O) groups is 2. The molecule has 0 aliphatic carbocycles. The van der Waals surface area contributed by atoms with Crippen LogP contribution in [0.5, 0.6) is 0 Å². The Morgan fingerprint density at radius 3 is 2.17 bits per heavy atom. The summed E-state index contributed by atoms with van der Waals surface area (Å²) < 4.78 is 71.2. The predicted molar refractivity (Wildman–Crippen MR) is 173 cm³/mol. The number of ether oxygens (including phenoxy) is 2. The van der Waals surface area contributed by atoms with Crippen LogP contribution in [0.15, 0.2) is 72.8 Å². The molecule has 248 valence electrons. The summed E-state index contributed by atoms with van der Waals surface area (Å²) in [5.74, 6) is -1.30. The molecule has 0 bridgehead atoms. The smallest absolute Gasteiger partial charge is 0.418 e. The molecule has 47 heavy (non-hydrogen) atoms. The van der Waals surface area contributed by atoms with Gasteiger partial charge in [0.05, 0.1) is 42.3 Å². The number of hydrogen-bond acceptors (Lipinski definition) is 6. The standard InChI is InChI=1S/C31H29Cl2F3N5O5P/c1-20-27(47(44,40-14-17-45-18-15-40)39-26-5-3-2-4-25(26)31(34,35)36)28(37-29(42)21-6-10-23(32)11-7-21)41(38-20)16-19-46-30(43)22-8-12-24(33)13-9-22/h2-13H,14-19H2,1H3,(H,37,42)(H,39,44)/t47-/m1/s1. The number of nitrogens with zero attached hydrogens (tertiary/aromatic N) is 3. The normalized spacial score (nSPS) is 15.1. The van der Waals surface area contributed by atoms with Gasteiger partial charge in [-0.2, -0.15) is 18.3 Å². The number of hydrogen-bond donors (Lipinski definition) is 2. The lowest BCUT2D eigenvalue weighted by atomic mass is 10.2. The zero-order valence-electron chi connectivity index (χ0n) is 24.9. The number of para-hydroxylation sites is 1. The fraction of sp³-hybridized carbons (Fsp3) is 0.258. The molecule has 0 radical (unpaired) electrons. The van der Waals surface area contributed by atoms with Gasteiger partial charge in [0.25, 0.3) is 13.4 Å². The second kappa shape index (κ2) is 14.5. The number of alkyl halides is 3. The Hall–Kier alpha value is -3.87. The van der Waals surface area contributed by atoms with Crippen molar-refractivity contribution in [3.8, 4) is 0 Å². The van der Waals surface area contributed by atoms with Crippen LogP contribution in [0.2, 0.25) is 10.0 Å². The van der Waals surface area contributed by atoms with E-state index in [0.717, 1.165) is 6.07 Å². The van der Waals surface area contributed by atoms with Crippen molar-refractivity contribution in [2.24, 2.45) is 0 Å². The molecule has 2 N–H and O–H groups in total. The van der Waals surface area contributed by atoms with E-state index in [1.165, 1.54) is 70.9 Å². The summed E-state index contributed by atoms with van der Waals surface area (Å²) in [6.07, 6.45) is -4.75. The molecule has 3 aromatic carbocycles. The van der Waals surface area contributed by atoms with Gasteiger partial charge in [0.15, 0.2) is 0 Å². The van der Waals surface area contributed by atoms with Gasteiger partial charge in [0.2, 0.25) is 0 Å². The van der Waals surface area contributed by atoms with Crippen LogP contribution in [0.3, 0.4) is 0 Å². The van der Waals surface area contributed by atoms with Crippen molar-refractivity contribution in [1.29, 1.82) is 0 Å². The zero-order valence-corrected chi connectivity index (χ0v) is 27.3. The summed E-state index contributed by atoms with van der Waals surface area (Å²) in [7, 11) is -4.22. The lowest BCUT2D eigenvalue weighted by Gasteiger charge is -2.36. The Morgan fingerprint density at radius 2 is 1.55 bits per heavy atom. The minimum atomic E-state index is -4.75. The second-order valence-corrected chi connectivity index (χ2v) is 13.7. The fourth-order valence-electron chi connectivity index (χ4n) is 4.99. The number of anilines is 2. The molecule has 4 aromatic rings. The molecule has 0 unspecified atom stereocenters. The maximum atomic E-state index is 15.3. The van der Waals surface area contributed by atoms with Gasteiger partial charge in [-0.05, 0) is 67.6 Å². The minimum Gasteiger partial charge on any atom is -0.460 e. The Kier molecular flexibility index (Phi) is 10.6. The average Bonchev–Trinajstić information content (AvgIpc) is 3.36. The molecule has 1 amide bonds. The molecule has 2 heterocycles. The lowest BCUT2D eigenvalue weighted by Crippen LogP contribution is -2.40.